The molecule has 0 aliphatic rings. The third-order valence-electron chi connectivity index (χ3n) is 2.84. The van der Waals surface area contributed by atoms with Gasteiger partial charge in [-0.1, -0.05) is 13.0 Å². The zero-order valence-electron chi connectivity index (χ0n) is 14.5. The van der Waals surface area contributed by atoms with Gasteiger partial charge >= 0.3 is 0 Å². The van der Waals surface area contributed by atoms with Crippen molar-refractivity contribution < 1.29 is 9.47 Å². The van der Waals surface area contributed by atoms with Crippen molar-refractivity contribution in [3.8, 4) is 5.88 Å². The zero-order chi connectivity index (χ0) is 16.2. The normalized spacial score (nSPS) is 12.3. The van der Waals surface area contributed by atoms with Crippen LogP contribution in [0.4, 0.5) is 0 Å². The van der Waals surface area contributed by atoms with Crippen molar-refractivity contribution in [2.75, 3.05) is 26.9 Å². The average Bonchev–Trinajstić information content (AvgIpc) is 2.52. The van der Waals surface area contributed by atoms with E-state index >= 15 is 0 Å². The van der Waals surface area contributed by atoms with E-state index in [4.69, 9.17) is 9.47 Å². The molecule has 0 aromatic carbocycles. The number of guanidine groups is 1. The molecule has 2 N–H and O–H groups in total. The summed E-state index contributed by atoms with van der Waals surface area (Å²) in [6.45, 7) is 8.78. The first-order valence-corrected chi connectivity index (χ1v) is 7.81. The fourth-order valence-corrected chi connectivity index (χ4v) is 1.88. The summed E-state index contributed by atoms with van der Waals surface area (Å²) < 4.78 is 10.8. The van der Waals surface area contributed by atoms with Crippen molar-refractivity contribution in [2.45, 2.75) is 39.8 Å². The summed E-state index contributed by atoms with van der Waals surface area (Å²) >= 11 is 0. The number of pyridine rings is 1. The van der Waals surface area contributed by atoms with Gasteiger partial charge in [0.15, 0.2) is 5.96 Å². The van der Waals surface area contributed by atoms with Gasteiger partial charge in [-0.3, -0.25) is 0 Å². The SMILES string of the molecule is CCCOc1ncccc1CN=C(NCC)NC(C)COC.I. The number of aromatic nitrogens is 1. The number of methoxy groups -OCH3 is 1. The Balaban J connectivity index is 0.00000484. The number of aliphatic imine (C=N–C) groups is 1. The zero-order valence-corrected chi connectivity index (χ0v) is 16.8. The van der Waals surface area contributed by atoms with E-state index in [0.717, 1.165) is 24.5 Å². The molecule has 0 aliphatic heterocycles. The van der Waals surface area contributed by atoms with Crippen molar-refractivity contribution in [1.82, 2.24) is 15.6 Å². The maximum absolute atomic E-state index is 5.66. The Morgan fingerprint density at radius 3 is 2.83 bits per heavy atom. The lowest BCUT2D eigenvalue weighted by molar-refractivity contribution is 0.179. The minimum absolute atomic E-state index is 0. The Kier molecular flexibility index (Phi) is 12.7. The van der Waals surface area contributed by atoms with Crippen LogP contribution in [-0.2, 0) is 11.3 Å². The van der Waals surface area contributed by atoms with Crippen LogP contribution in [0.25, 0.3) is 0 Å². The minimum Gasteiger partial charge on any atom is -0.477 e. The first-order chi connectivity index (χ1) is 10.7. The van der Waals surface area contributed by atoms with Crippen LogP contribution in [0.5, 0.6) is 5.88 Å². The van der Waals surface area contributed by atoms with Crippen LogP contribution in [0.2, 0.25) is 0 Å². The number of hydrogen-bond donors (Lipinski definition) is 2. The molecular weight excluding hydrogens is 407 g/mol. The van der Waals surface area contributed by atoms with Crippen LogP contribution in [-0.4, -0.2) is 43.9 Å². The van der Waals surface area contributed by atoms with Gasteiger partial charge in [0.1, 0.15) is 0 Å². The molecule has 132 valence electrons. The van der Waals surface area contributed by atoms with Crippen LogP contribution < -0.4 is 15.4 Å². The van der Waals surface area contributed by atoms with Gasteiger partial charge in [-0.15, -0.1) is 24.0 Å². The number of rotatable bonds is 9. The molecule has 1 rings (SSSR count). The highest BCUT2D eigenvalue weighted by molar-refractivity contribution is 14.0. The third-order valence-corrected chi connectivity index (χ3v) is 2.84. The van der Waals surface area contributed by atoms with Gasteiger partial charge in [-0.25, -0.2) is 9.98 Å². The molecule has 0 aliphatic carbocycles. The predicted octanol–water partition coefficient (Wildman–Crippen LogP) is 2.58. The first kappa shape index (κ1) is 21.9. The van der Waals surface area contributed by atoms with E-state index in [2.05, 4.69) is 34.5 Å². The molecule has 23 heavy (non-hydrogen) atoms. The molecule has 0 saturated carbocycles. The highest BCUT2D eigenvalue weighted by Crippen LogP contribution is 2.15. The predicted molar refractivity (Wildman–Crippen MR) is 105 cm³/mol. The van der Waals surface area contributed by atoms with E-state index in [-0.39, 0.29) is 30.0 Å². The molecule has 1 heterocycles. The summed E-state index contributed by atoms with van der Waals surface area (Å²) in [5, 5.41) is 6.53. The van der Waals surface area contributed by atoms with E-state index in [9.17, 15) is 0 Å². The van der Waals surface area contributed by atoms with E-state index in [1.54, 1.807) is 13.3 Å². The number of nitrogens with zero attached hydrogens (tertiary/aromatic N) is 2. The quantitative estimate of drug-likeness (QED) is 0.354. The largest absolute Gasteiger partial charge is 0.477 e. The van der Waals surface area contributed by atoms with Gasteiger partial charge < -0.3 is 20.1 Å². The van der Waals surface area contributed by atoms with E-state index in [1.807, 2.05) is 19.1 Å². The minimum atomic E-state index is 0. The molecule has 1 atom stereocenters. The second-order valence-electron chi connectivity index (χ2n) is 5.01. The molecule has 1 aromatic rings. The third kappa shape index (κ3) is 8.95. The lowest BCUT2D eigenvalue weighted by Crippen LogP contribution is -2.43. The van der Waals surface area contributed by atoms with Crippen molar-refractivity contribution in [2.24, 2.45) is 4.99 Å². The van der Waals surface area contributed by atoms with Gasteiger partial charge in [0, 0.05) is 31.5 Å². The summed E-state index contributed by atoms with van der Waals surface area (Å²) in [6, 6.07) is 4.08. The fraction of sp³-hybridized carbons (Fsp3) is 0.625. The summed E-state index contributed by atoms with van der Waals surface area (Å²) in [5.41, 5.74) is 0.979. The Morgan fingerprint density at radius 2 is 2.17 bits per heavy atom. The Labute approximate surface area is 156 Å². The van der Waals surface area contributed by atoms with Crippen LogP contribution >= 0.6 is 24.0 Å². The van der Waals surface area contributed by atoms with Crippen molar-refractivity contribution in [3.05, 3.63) is 23.9 Å². The van der Waals surface area contributed by atoms with E-state index < -0.39 is 0 Å². The van der Waals surface area contributed by atoms with Crippen molar-refractivity contribution in [3.63, 3.8) is 0 Å². The smallest absolute Gasteiger partial charge is 0.218 e. The molecule has 6 nitrogen and oxygen atoms in total. The lowest BCUT2D eigenvalue weighted by atomic mass is 10.3. The highest BCUT2D eigenvalue weighted by Gasteiger charge is 2.07. The van der Waals surface area contributed by atoms with Crippen molar-refractivity contribution >= 4 is 29.9 Å². The molecule has 1 aromatic heterocycles. The summed E-state index contributed by atoms with van der Waals surface area (Å²) in [7, 11) is 1.69. The Bertz CT molecular complexity index is 457. The van der Waals surface area contributed by atoms with E-state index in [1.165, 1.54) is 0 Å². The maximum Gasteiger partial charge on any atom is 0.218 e. The second-order valence-corrected chi connectivity index (χ2v) is 5.01. The molecule has 0 saturated heterocycles. The van der Waals surface area contributed by atoms with Crippen LogP contribution in [0.15, 0.2) is 23.3 Å². The monoisotopic (exact) mass is 436 g/mol. The summed E-state index contributed by atoms with van der Waals surface area (Å²) in [5.74, 6) is 1.42. The number of halogens is 1. The molecule has 0 fully saturated rings. The number of nitrogens with one attached hydrogen (secondary N) is 2. The molecule has 0 spiro atoms. The fourth-order valence-electron chi connectivity index (χ4n) is 1.88. The maximum atomic E-state index is 5.66. The molecule has 0 radical (unpaired) electrons. The number of ether oxygens (including phenoxy) is 2. The van der Waals surface area contributed by atoms with Gasteiger partial charge in [-0.2, -0.15) is 0 Å². The topological polar surface area (TPSA) is 67.8 Å². The van der Waals surface area contributed by atoms with Gasteiger partial charge in [-0.05, 0) is 26.3 Å². The standard InChI is InChI=1S/C16H28N4O2.HI/c1-5-10-22-15-14(8-7-9-18-15)11-19-16(17-6-2)20-13(3)12-21-4;/h7-9,13H,5-6,10-12H2,1-4H3,(H2,17,19,20);1H. The molecule has 0 amide bonds. The summed E-state index contributed by atoms with van der Waals surface area (Å²) in [4.78, 5) is 8.87. The Hall–Kier alpha value is -1.09. The van der Waals surface area contributed by atoms with Gasteiger partial charge in [0.2, 0.25) is 5.88 Å². The van der Waals surface area contributed by atoms with Gasteiger partial charge in [0.25, 0.3) is 0 Å². The van der Waals surface area contributed by atoms with Crippen molar-refractivity contribution in [1.29, 1.82) is 0 Å². The van der Waals surface area contributed by atoms with Gasteiger partial charge in [0.05, 0.1) is 19.8 Å². The highest BCUT2D eigenvalue weighted by atomic mass is 127. The van der Waals surface area contributed by atoms with Crippen LogP contribution in [0, 0.1) is 0 Å². The van der Waals surface area contributed by atoms with Crippen LogP contribution in [0.1, 0.15) is 32.8 Å². The first-order valence-electron chi connectivity index (χ1n) is 7.81. The number of hydrogen-bond acceptors (Lipinski definition) is 4. The Morgan fingerprint density at radius 1 is 1.39 bits per heavy atom. The molecule has 7 heteroatoms. The second kappa shape index (κ2) is 13.4. The van der Waals surface area contributed by atoms with E-state index in [0.29, 0.717) is 25.6 Å². The molecular formula is C16H29IN4O2. The molecule has 0 bridgehead atoms. The molecule has 1 unspecified atom stereocenters. The lowest BCUT2D eigenvalue weighted by Gasteiger charge is -2.17. The van der Waals surface area contributed by atoms with Crippen LogP contribution in [0.3, 0.4) is 0 Å². The average molecular weight is 436 g/mol. The summed E-state index contributed by atoms with van der Waals surface area (Å²) in [6.07, 6.45) is 2.69.